The van der Waals surface area contributed by atoms with Gasteiger partial charge in [0, 0.05) is 32.2 Å². The maximum atomic E-state index is 3.71. The second kappa shape index (κ2) is 7.81. The minimum atomic E-state index is 0.580. The fourth-order valence-electron chi connectivity index (χ4n) is 3.91. The average Bonchev–Trinajstić information content (AvgIpc) is 2.67. The van der Waals surface area contributed by atoms with Crippen LogP contribution in [0.15, 0.2) is 72.8 Å². The fraction of sp³-hybridized carbons (Fsp3) is 0.304. The maximum absolute atomic E-state index is 3.71. The van der Waals surface area contributed by atoms with Gasteiger partial charge in [-0.15, -0.1) is 0 Å². The van der Waals surface area contributed by atoms with Gasteiger partial charge in [0.15, 0.2) is 0 Å². The van der Waals surface area contributed by atoms with E-state index in [4.69, 9.17) is 0 Å². The number of fused-ring (bicyclic) bond motifs is 1. The number of hydrogen-bond donors (Lipinski definition) is 1. The lowest BCUT2D eigenvalue weighted by atomic mass is 9.98. The van der Waals surface area contributed by atoms with Crippen molar-refractivity contribution < 1.29 is 0 Å². The molecular formula is C23H26N2. The van der Waals surface area contributed by atoms with E-state index in [0.29, 0.717) is 6.04 Å². The molecule has 0 spiro atoms. The molecule has 3 aromatic carbocycles. The Labute approximate surface area is 150 Å². The molecular weight excluding hydrogens is 304 g/mol. The second-order valence-corrected chi connectivity index (χ2v) is 7.05. The molecule has 1 aliphatic rings. The molecule has 2 heteroatoms. The number of nitrogens with one attached hydrogen (secondary N) is 1. The SMILES string of the molecule is c1ccc(CN2CCNC(CCc3cccc4ccccc34)C2)cc1. The van der Waals surface area contributed by atoms with E-state index < -0.39 is 0 Å². The van der Waals surface area contributed by atoms with Crippen molar-refractivity contribution in [3.63, 3.8) is 0 Å². The molecule has 1 heterocycles. The highest BCUT2D eigenvalue weighted by Gasteiger charge is 2.19. The first-order valence-corrected chi connectivity index (χ1v) is 9.35. The van der Waals surface area contributed by atoms with E-state index >= 15 is 0 Å². The largest absolute Gasteiger partial charge is 0.311 e. The first-order valence-electron chi connectivity index (χ1n) is 9.35. The number of hydrogen-bond acceptors (Lipinski definition) is 2. The average molecular weight is 330 g/mol. The summed E-state index contributed by atoms with van der Waals surface area (Å²) in [6.07, 6.45) is 2.33. The third-order valence-corrected chi connectivity index (χ3v) is 5.23. The van der Waals surface area contributed by atoms with Gasteiger partial charge >= 0.3 is 0 Å². The first-order chi connectivity index (χ1) is 12.4. The van der Waals surface area contributed by atoms with E-state index in [1.165, 1.54) is 28.3 Å². The summed E-state index contributed by atoms with van der Waals surface area (Å²) in [5.41, 5.74) is 2.89. The predicted octanol–water partition coefficient (Wildman–Crippen LogP) is 4.25. The van der Waals surface area contributed by atoms with Crippen molar-refractivity contribution in [2.75, 3.05) is 19.6 Å². The Morgan fingerprint density at radius 1 is 0.880 bits per heavy atom. The van der Waals surface area contributed by atoms with Crippen molar-refractivity contribution in [2.45, 2.75) is 25.4 Å². The van der Waals surface area contributed by atoms with Gasteiger partial charge in [-0.25, -0.2) is 0 Å². The molecule has 1 aliphatic heterocycles. The predicted molar refractivity (Wildman–Crippen MR) is 106 cm³/mol. The van der Waals surface area contributed by atoms with E-state index in [-0.39, 0.29) is 0 Å². The highest BCUT2D eigenvalue weighted by Crippen LogP contribution is 2.20. The van der Waals surface area contributed by atoms with Crippen LogP contribution in [-0.2, 0) is 13.0 Å². The summed E-state index contributed by atoms with van der Waals surface area (Å²) in [6, 6.07) is 26.8. The van der Waals surface area contributed by atoms with Crippen LogP contribution in [0.5, 0.6) is 0 Å². The van der Waals surface area contributed by atoms with Gasteiger partial charge in [0.1, 0.15) is 0 Å². The molecule has 0 aliphatic carbocycles. The minimum absolute atomic E-state index is 0.580. The van der Waals surface area contributed by atoms with Gasteiger partial charge in [-0.3, -0.25) is 4.90 Å². The third kappa shape index (κ3) is 4.09. The molecule has 2 nitrogen and oxygen atoms in total. The van der Waals surface area contributed by atoms with Gasteiger partial charge in [0.05, 0.1) is 0 Å². The molecule has 4 rings (SSSR count). The molecule has 128 valence electrons. The number of benzene rings is 3. The summed E-state index contributed by atoms with van der Waals surface area (Å²) in [5, 5.41) is 6.47. The summed E-state index contributed by atoms with van der Waals surface area (Å²) < 4.78 is 0. The van der Waals surface area contributed by atoms with Gasteiger partial charge in [-0.1, -0.05) is 72.8 Å². The van der Waals surface area contributed by atoms with Crippen LogP contribution in [0.25, 0.3) is 10.8 Å². The summed E-state index contributed by atoms with van der Waals surface area (Å²) in [4.78, 5) is 2.58. The quantitative estimate of drug-likeness (QED) is 0.752. The van der Waals surface area contributed by atoms with Gasteiger partial charge in [-0.05, 0) is 34.7 Å². The van der Waals surface area contributed by atoms with Crippen LogP contribution < -0.4 is 5.32 Å². The van der Waals surface area contributed by atoms with Crippen molar-refractivity contribution in [2.24, 2.45) is 0 Å². The molecule has 25 heavy (non-hydrogen) atoms. The minimum Gasteiger partial charge on any atom is -0.311 e. The fourth-order valence-corrected chi connectivity index (χ4v) is 3.91. The maximum Gasteiger partial charge on any atom is 0.0234 e. The van der Waals surface area contributed by atoms with E-state index in [9.17, 15) is 0 Å². The topological polar surface area (TPSA) is 15.3 Å². The van der Waals surface area contributed by atoms with Crippen LogP contribution in [0.2, 0.25) is 0 Å². The van der Waals surface area contributed by atoms with Crippen LogP contribution in [0.1, 0.15) is 17.5 Å². The molecule has 0 radical (unpaired) electrons. The Morgan fingerprint density at radius 2 is 1.68 bits per heavy atom. The molecule has 0 saturated carbocycles. The first kappa shape index (κ1) is 16.3. The van der Waals surface area contributed by atoms with Crippen LogP contribution in [0, 0.1) is 0 Å². The van der Waals surface area contributed by atoms with Gasteiger partial charge in [-0.2, -0.15) is 0 Å². The molecule has 1 fully saturated rings. The van der Waals surface area contributed by atoms with Crippen molar-refractivity contribution in [1.29, 1.82) is 0 Å². The van der Waals surface area contributed by atoms with E-state index in [0.717, 1.165) is 32.6 Å². The zero-order valence-corrected chi connectivity index (χ0v) is 14.7. The number of nitrogens with zero attached hydrogens (tertiary/aromatic N) is 1. The Hall–Kier alpha value is -2.16. The highest BCUT2D eigenvalue weighted by atomic mass is 15.2. The Bertz CT molecular complexity index is 807. The molecule has 1 atom stereocenters. The van der Waals surface area contributed by atoms with E-state index in [1.807, 2.05) is 0 Å². The smallest absolute Gasteiger partial charge is 0.0234 e. The number of rotatable bonds is 5. The Kier molecular flexibility index (Phi) is 5.10. The van der Waals surface area contributed by atoms with Crippen LogP contribution >= 0.6 is 0 Å². The lowest BCUT2D eigenvalue weighted by Gasteiger charge is -2.34. The zero-order chi connectivity index (χ0) is 16.9. The highest BCUT2D eigenvalue weighted by molar-refractivity contribution is 5.85. The normalized spacial score (nSPS) is 18.5. The summed E-state index contributed by atoms with van der Waals surface area (Å²) in [7, 11) is 0. The van der Waals surface area contributed by atoms with E-state index in [2.05, 4.69) is 83.0 Å². The van der Waals surface area contributed by atoms with Crippen molar-refractivity contribution >= 4 is 10.8 Å². The molecule has 0 bridgehead atoms. The molecule has 1 N–H and O–H groups in total. The van der Waals surface area contributed by atoms with Crippen molar-refractivity contribution in [3.8, 4) is 0 Å². The monoisotopic (exact) mass is 330 g/mol. The Morgan fingerprint density at radius 3 is 2.60 bits per heavy atom. The van der Waals surface area contributed by atoms with Crippen molar-refractivity contribution in [1.82, 2.24) is 10.2 Å². The number of aryl methyl sites for hydroxylation is 1. The molecule has 3 aromatic rings. The second-order valence-electron chi connectivity index (χ2n) is 7.05. The standard InChI is InChI=1S/C23H26N2/c1-2-7-19(8-3-1)17-25-16-15-24-22(18-25)14-13-21-11-6-10-20-9-4-5-12-23(20)21/h1-12,22,24H,13-18H2. The lowest BCUT2D eigenvalue weighted by molar-refractivity contribution is 0.187. The molecule has 0 aromatic heterocycles. The van der Waals surface area contributed by atoms with E-state index in [1.54, 1.807) is 0 Å². The summed E-state index contributed by atoms with van der Waals surface area (Å²) in [5.74, 6) is 0. The van der Waals surface area contributed by atoms with Gasteiger partial charge < -0.3 is 5.32 Å². The molecule has 0 amide bonds. The molecule has 1 unspecified atom stereocenters. The van der Waals surface area contributed by atoms with Crippen LogP contribution in [0.4, 0.5) is 0 Å². The van der Waals surface area contributed by atoms with Crippen molar-refractivity contribution in [3.05, 3.63) is 83.9 Å². The van der Waals surface area contributed by atoms with Crippen LogP contribution in [-0.4, -0.2) is 30.6 Å². The Balaban J connectivity index is 1.37. The van der Waals surface area contributed by atoms with Gasteiger partial charge in [0.25, 0.3) is 0 Å². The summed E-state index contributed by atoms with van der Waals surface area (Å²) in [6.45, 7) is 4.43. The third-order valence-electron chi connectivity index (χ3n) is 5.23. The molecule has 1 saturated heterocycles. The van der Waals surface area contributed by atoms with Gasteiger partial charge in [0.2, 0.25) is 0 Å². The van der Waals surface area contributed by atoms with Crippen LogP contribution in [0.3, 0.4) is 0 Å². The zero-order valence-electron chi connectivity index (χ0n) is 14.7. The number of piperazine rings is 1. The lowest BCUT2D eigenvalue weighted by Crippen LogP contribution is -2.50. The summed E-state index contributed by atoms with van der Waals surface area (Å²) >= 11 is 0.